The summed E-state index contributed by atoms with van der Waals surface area (Å²) in [4.78, 5) is 14.2. The summed E-state index contributed by atoms with van der Waals surface area (Å²) >= 11 is 4.46. The van der Waals surface area contributed by atoms with E-state index in [4.69, 9.17) is 5.11 Å². The van der Waals surface area contributed by atoms with Gasteiger partial charge in [0.1, 0.15) is 6.10 Å². The Labute approximate surface area is 103 Å². The summed E-state index contributed by atoms with van der Waals surface area (Å²) in [5, 5.41) is 30.0. The number of carboxylic acids is 1. The molecule has 5 nitrogen and oxygen atoms in total. The summed E-state index contributed by atoms with van der Waals surface area (Å²) in [5.74, 6) is -1.19. The van der Waals surface area contributed by atoms with Gasteiger partial charge < -0.3 is 15.3 Å². The fourth-order valence-corrected chi connectivity index (χ4v) is 1.48. The number of aliphatic imine (C=N–C) groups is 1. The van der Waals surface area contributed by atoms with Crippen LogP contribution in [0.2, 0.25) is 0 Å². The van der Waals surface area contributed by atoms with Gasteiger partial charge in [-0.2, -0.15) is 4.99 Å². The first-order valence-corrected chi connectivity index (χ1v) is 5.21. The highest BCUT2D eigenvalue weighted by Crippen LogP contribution is 2.28. The zero-order chi connectivity index (χ0) is 12.8. The van der Waals surface area contributed by atoms with E-state index in [2.05, 4.69) is 22.4 Å². The number of rotatable bonds is 5. The molecule has 17 heavy (non-hydrogen) atoms. The summed E-state index contributed by atoms with van der Waals surface area (Å²) in [6.07, 6.45) is -3.26. The predicted octanol–water partition coefficient (Wildman–Crippen LogP) is 1.29. The molecule has 0 aliphatic heterocycles. The van der Waals surface area contributed by atoms with Crippen LogP contribution in [-0.4, -0.2) is 32.6 Å². The van der Waals surface area contributed by atoms with Gasteiger partial charge in [0, 0.05) is 5.56 Å². The van der Waals surface area contributed by atoms with Gasteiger partial charge in [0.05, 0.1) is 23.4 Å². The van der Waals surface area contributed by atoms with Crippen molar-refractivity contribution in [2.45, 2.75) is 18.6 Å². The van der Waals surface area contributed by atoms with Gasteiger partial charge in [-0.3, -0.25) is 4.79 Å². The van der Waals surface area contributed by atoms with Crippen molar-refractivity contribution in [1.29, 1.82) is 0 Å². The molecule has 0 radical (unpaired) electrons. The normalized spacial score (nSPS) is 13.5. The molecular weight excluding hydrogens is 242 g/mol. The number of aliphatic hydroxyl groups is 2. The first kappa shape index (κ1) is 13.5. The van der Waals surface area contributed by atoms with E-state index in [1.165, 1.54) is 0 Å². The summed E-state index contributed by atoms with van der Waals surface area (Å²) in [7, 11) is 0. The van der Waals surface area contributed by atoms with Crippen molar-refractivity contribution in [2.24, 2.45) is 4.99 Å². The first-order chi connectivity index (χ1) is 8.06. The number of isothiocyanates is 1. The highest BCUT2D eigenvalue weighted by molar-refractivity contribution is 7.78. The number of carboxylic acid groups (broad SMARTS) is 1. The van der Waals surface area contributed by atoms with Crippen LogP contribution in [0.1, 0.15) is 18.1 Å². The average molecular weight is 253 g/mol. The minimum Gasteiger partial charge on any atom is -0.481 e. The van der Waals surface area contributed by atoms with Crippen molar-refractivity contribution in [3.63, 3.8) is 0 Å². The third-order valence-electron chi connectivity index (χ3n) is 2.17. The van der Waals surface area contributed by atoms with Gasteiger partial charge in [-0.05, 0) is 18.3 Å². The van der Waals surface area contributed by atoms with Gasteiger partial charge in [-0.1, -0.05) is 18.2 Å². The highest BCUT2D eigenvalue weighted by Gasteiger charge is 2.23. The summed E-state index contributed by atoms with van der Waals surface area (Å²) < 4.78 is 0. The maximum Gasteiger partial charge on any atom is 0.306 e. The van der Waals surface area contributed by atoms with Gasteiger partial charge in [0.15, 0.2) is 0 Å². The Balaban J connectivity index is 2.98. The monoisotopic (exact) mass is 253 g/mol. The molecule has 0 saturated carbocycles. The summed E-state index contributed by atoms with van der Waals surface area (Å²) in [6, 6.07) is 6.46. The molecule has 1 aromatic rings. The molecule has 0 bridgehead atoms. The summed E-state index contributed by atoms with van der Waals surface area (Å²) in [5.41, 5.74) is 0.679. The van der Waals surface area contributed by atoms with Crippen LogP contribution in [0.25, 0.3) is 0 Å². The van der Waals surface area contributed by atoms with Gasteiger partial charge in [-0.15, -0.1) is 0 Å². The fraction of sp³-hybridized carbons (Fsp3) is 0.273. The van der Waals surface area contributed by atoms with Crippen LogP contribution < -0.4 is 0 Å². The molecule has 90 valence electrons. The predicted molar refractivity (Wildman–Crippen MR) is 64.3 cm³/mol. The Morgan fingerprint density at radius 3 is 2.65 bits per heavy atom. The van der Waals surface area contributed by atoms with Crippen LogP contribution >= 0.6 is 12.2 Å². The Kier molecular flexibility index (Phi) is 4.93. The second-order valence-corrected chi connectivity index (χ2v) is 3.55. The molecule has 1 aromatic carbocycles. The highest BCUT2D eigenvalue weighted by atomic mass is 32.1. The number of hydrogen-bond donors (Lipinski definition) is 3. The van der Waals surface area contributed by atoms with E-state index in [0.717, 1.165) is 0 Å². The fourth-order valence-electron chi connectivity index (χ4n) is 1.39. The molecule has 0 aliphatic rings. The topological polar surface area (TPSA) is 90.1 Å². The van der Waals surface area contributed by atoms with Crippen LogP contribution in [0.4, 0.5) is 5.69 Å². The summed E-state index contributed by atoms with van der Waals surface area (Å²) in [6.45, 7) is 0. The van der Waals surface area contributed by atoms with E-state index in [1.807, 2.05) is 0 Å². The van der Waals surface area contributed by atoms with Gasteiger partial charge in [0.25, 0.3) is 0 Å². The molecule has 6 heteroatoms. The lowest BCUT2D eigenvalue weighted by Crippen LogP contribution is -2.21. The Morgan fingerprint density at radius 1 is 1.41 bits per heavy atom. The lowest BCUT2D eigenvalue weighted by molar-refractivity contribution is -0.141. The lowest BCUT2D eigenvalue weighted by atomic mass is 10.0. The Bertz CT molecular complexity index is 457. The Hall–Kier alpha value is -1.59. The SMILES string of the molecule is O=C(O)CC(O)C(O)c1ccccc1N=C=S. The van der Waals surface area contributed by atoms with Gasteiger partial charge in [-0.25, -0.2) is 0 Å². The molecule has 2 atom stereocenters. The molecule has 0 aromatic heterocycles. The molecule has 0 spiro atoms. The minimum absolute atomic E-state index is 0.318. The van der Waals surface area contributed by atoms with Crippen molar-refractivity contribution in [3.05, 3.63) is 29.8 Å². The smallest absolute Gasteiger partial charge is 0.306 e. The van der Waals surface area contributed by atoms with E-state index in [9.17, 15) is 15.0 Å². The quantitative estimate of drug-likeness (QED) is 0.543. The van der Waals surface area contributed by atoms with Crippen molar-refractivity contribution in [2.75, 3.05) is 0 Å². The van der Waals surface area contributed by atoms with E-state index in [0.29, 0.717) is 11.3 Å². The molecule has 0 amide bonds. The van der Waals surface area contributed by atoms with Crippen molar-refractivity contribution < 1.29 is 20.1 Å². The second-order valence-electron chi connectivity index (χ2n) is 3.37. The lowest BCUT2D eigenvalue weighted by Gasteiger charge is -2.17. The maximum atomic E-state index is 10.4. The molecule has 1 rings (SSSR count). The van der Waals surface area contributed by atoms with Crippen molar-refractivity contribution in [3.8, 4) is 0 Å². The number of benzene rings is 1. The number of thiocarbonyl (C=S) groups is 1. The molecule has 2 unspecified atom stereocenters. The third-order valence-corrected chi connectivity index (χ3v) is 2.26. The number of hydrogen-bond acceptors (Lipinski definition) is 5. The molecule has 0 saturated heterocycles. The van der Waals surface area contributed by atoms with Crippen LogP contribution in [0.5, 0.6) is 0 Å². The number of nitrogens with zero attached hydrogens (tertiary/aromatic N) is 1. The Morgan fingerprint density at radius 2 is 2.06 bits per heavy atom. The molecule has 3 N–H and O–H groups in total. The zero-order valence-corrected chi connectivity index (χ0v) is 9.59. The third kappa shape index (κ3) is 3.72. The van der Waals surface area contributed by atoms with Crippen LogP contribution in [0.3, 0.4) is 0 Å². The zero-order valence-electron chi connectivity index (χ0n) is 8.78. The van der Waals surface area contributed by atoms with E-state index < -0.39 is 24.6 Å². The number of aliphatic carboxylic acids is 1. The van der Waals surface area contributed by atoms with Gasteiger partial charge >= 0.3 is 5.97 Å². The minimum atomic E-state index is -1.39. The first-order valence-electron chi connectivity index (χ1n) is 4.81. The number of para-hydroxylation sites is 1. The largest absolute Gasteiger partial charge is 0.481 e. The second kappa shape index (κ2) is 6.22. The van der Waals surface area contributed by atoms with Crippen molar-refractivity contribution >= 4 is 29.0 Å². The average Bonchev–Trinajstić information content (AvgIpc) is 2.28. The molecule has 0 heterocycles. The standard InChI is InChI=1S/C11H11NO4S/c13-9(5-10(14)15)11(16)7-3-1-2-4-8(7)12-6-17/h1-4,9,11,13,16H,5H2,(H,14,15). The van der Waals surface area contributed by atoms with Crippen LogP contribution in [-0.2, 0) is 4.79 Å². The molecular formula is C11H11NO4S. The van der Waals surface area contributed by atoms with Gasteiger partial charge in [0.2, 0.25) is 0 Å². The van der Waals surface area contributed by atoms with E-state index in [1.54, 1.807) is 24.3 Å². The van der Waals surface area contributed by atoms with Crippen LogP contribution in [0.15, 0.2) is 29.3 Å². The maximum absolute atomic E-state index is 10.4. The molecule has 0 aliphatic carbocycles. The van der Waals surface area contributed by atoms with E-state index >= 15 is 0 Å². The van der Waals surface area contributed by atoms with Crippen LogP contribution in [0, 0.1) is 0 Å². The van der Waals surface area contributed by atoms with Crippen molar-refractivity contribution in [1.82, 2.24) is 0 Å². The number of carbonyl (C=O) groups is 1. The number of aliphatic hydroxyl groups excluding tert-OH is 2. The van der Waals surface area contributed by atoms with E-state index in [-0.39, 0.29) is 0 Å². The molecule has 0 fully saturated rings.